The lowest BCUT2D eigenvalue weighted by Crippen LogP contribution is -2.13. The molecule has 84 valence electrons. The van der Waals surface area contributed by atoms with Crippen molar-refractivity contribution in [1.29, 1.82) is 0 Å². The molecule has 0 bridgehead atoms. The molecule has 1 aliphatic rings. The zero-order valence-electron chi connectivity index (χ0n) is 7.85. The van der Waals surface area contributed by atoms with Crippen LogP contribution in [0.1, 0.15) is 5.56 Å². The second kappa shape index (κ2) is 3.61. The minimum absolute atomic E-state index is 0.0139. The van der Waals surface area contributed by atoms with Crippen molar-refractivity contribution in [2.75, 3.05) is 0 Å². The van der Waals surface area contributed by atoms with Gasteiger partial charge in [0.05, 0.1) is 4.90 Å². The van der Waals surface area contributed by atoms with Crippen LogP contribution in [0.4, 0.5) is 0 Å². The van der Waals surface area contributed by atoms with E-state index in [9.17, 15) is 8.42 Å². The summed E-state index contributed by atoms with van der Waals surface area (Å²) in [5.41, 5.74) is 0.563. The SMILES string of the molecule is NS(=O)(=O)c1ccc(C2(S)N=NN=N2)cc1. The quantitative estimate of drug-likeness (QED) is 0.776. The highest BCUT2D eigenvalue weighted by Gasteiger charge is 2.30. The van der Waals surface area contributed by atoms with Gasteiger partial charge >= 0.3 is 0 Å². The molecule has 0 saturated carbocycles. The number of sulfonamides is 1. The van der Waals surface area contributed by atoms with Crippen LogP contribution in [0.5, 0.6) is 0 Å². The first-order valence-corrected chi connectivity index (χ1v) is 6.11. The third-order valence-corrected chi connectivity index (χ3v) is 3.34. The number of primary sulfonamides is 1. The summed E-state index contributed by atoms with van der Waals surface area (Å²) in [6.45, 7) is 0. The second-order valence-electron chi connectivity index (χ2n) is 3.08. The van der Waals surface area contributed by atoms with E-state index in [1.165, 1.54) is 24.3 Å². The molecule has 0 amide bonds. The van der Waals surface area contributed by atoms with Gasteiger partial charge in [-0.05, 0) is 22.6 Å². The molecule has 1 aromatic rings. The van der Waals surface area contributed by atoms with E-state index in [-0.39, 0.29) is 4.90 Å². The standard InChI is InChI=1S/C7H7N5O2S2/c8-16(13,14)6-3-1-5(2-4-6)7(15)9-11-12-10-7/h1-4,15H,(H2,8,13,14). The van der Waals surface area contributed by atoms with Gasteiger partial charge in [0.1, 0.15) is 0 Å². The molecule has 16 heavy (non-hydrogen) atoms. The van der Waals surface area contributed by atoms with Crippen molar-refractivity contribution in [3.63, 3.8) is 0 Å². The van der Waals surface area contributed by atoms with Crippen molar-refractivity contribution < 1.29 is 8.42 Å². The number of nitrogens with zero attached hydrogens (tertiary/aromatic N) is 4. The van der Waals surface area contributed by atoms with Gasteiger partial charge in [-0.25, -0.2) is 13.6 Å². The molecule has 1 aliphatic heterocycles. The van der Waals surface area contributed by atoms with Gasteiger partial charge in [0.2, 0.25) is 10.0 Å². The van der Waals surface area contributed by atoms with E-state index in [1.54, 1.807) is 0 Å². The van der Waals surface area contributed by atoms with Crippen LogP contribution in [0.3, 0.4) is 0 Å². The van der Waals surface area contributed by atoms with Crippen molar-refractivity contribution in [1.82, 2.24) is 0 Å². The summed E-state index contributed by atoms with van der Waals surface area (Å²) >= 11 is 4.18. The maximum Gasteiger partial charge on any atom is 0.262 e. The minimum atomic E-state index is -3.70. The number of nitrogens with two attached hydrogens (primary N) is 1. The zero-order valence-corrected chi connectivity index (χ0v) is 9.56. The molecule has 0 fully saturated rings. The molecule has 0 unspecified atom stereocenters. The van der Waals surface area contributed by atoms with Crippen molar-refractivity contribution >= 4 is 22.7 Å². The average molecular weight is 257 g/mol. The number of benzene rings is 1. The van der Waals surface area contributed by atoms with Crippen LogP contribution in [0.2, 0.25) is 0 Å². The molecule has 2 N–H and O–H groups in total. The summed E-state index contributed by atoms with van der Waals surface area (Å²) in [4.78, 5) is -1.16. The van der Waals surface area contributed by atoms with Gasteiger partial charge in [-0.2, -0.15) is 0 Å². The van der Waals surface area contributed by atoms with E-state index >= 15 is 0 Å². The normalized spacial score (nSPS) is 17.9. The van der Waals surface area contributed by atoms with Crippen molar-refractivity contribution in [3.05, 3.63) is 29.8 Å². The number of thiol groups is 1. The molecule has 1 aromatic carbocycles. The van der Waals surface area contributed by atoms with Crippen molar-refractivity contribution in [2.45, 2.75) is 9.89 Å². The van der Waals surface area contributed by atoms with E-state index in [1.807, 2.05) is 0 Å². The van der Waals surface area contributed by atoms with Gasteiger partial charge in [0.15, 0.2) is 0 Å². The summed E-state index contributed by atoms with van der Waals surface area (Å²) in [6, 6.07) is 5.73. The second-order valence-corrected chi connectivity index (χ2v) is 5.27. The predicted molar refractivity (Wildman–Crippen MR) is 58.2 cm³/mol. The number of rotatable bonds is 2. The fraction of sp³-hybridized carbons (Fsp3) is 0.143. The van der Waals surface area contributed by atoms with Crippen LogP contribution in [0.25, 0.3) is 0 Å². The Balaban J connectivity index is 2.41. The topological polar surface area (TPSA) is 110 Å². The van der Waals surface area contributed by atoms with Crippen LogP contribution in [0.15, 0.2) is 49.8 Å². The van der Waals surface area contributed by atoms with E-state index in [0.29, 0.717) is 5.56 Å². The van der Waals surface area contributed by atoms with Crippen LogP contribution >= 0.6 is 12.6 Å². The lowest BCUT2D eigenvalue weighted by Gasteiger charge is -2.12. The average Bonchev–Trinajstić information content (AvgIpc) is 2.66. The Bertz CT molecular complexity index is 551. The molecular weight excluding hydrogens is 250 g/mol. The van der Waals surface area contributed by atoms with Gasteiger partial charge < -0.3 is 0 Å². The fourth-order valence-corrected chi connectivity index (χ4v) is 1.91. The third-order valence-electron chi connectivity index (χ3n) is 1.98. The molecule has 1 heterocycles. The molecule has 0 radical (unpaired) electrons. The first-order valence-electron chi connectivity index (χ1n) is 4.12. The summed E-state index contributed by atoms with van der Waals surface area (Å²) in [6.07, 6.45) is 0. The Labute approximate surface area is 96.9 Å². The Morgan fingerprint density at radius 2 is 1.62 bits per heavy atom. The molecule has 0 saturated heterocycles. The molecule has 0 atom stereocenters. The van der Waals surface area contributed by atoms with E-state index in [2.05, 4.69) is 33.3 Å². The van der Waals surface area contributed by atoms with Gasteiger partial charge in [0.25, 0.3) is 4.99 Å². The minimum Gasteiger partial charge on any atom is -0.225 e. The summed E-state index contributed by atoms with van der Waals surface area (Å²) in [7, 11) is -3.70. The zero-order chi connectivity index (χ0) is 11.8. The molecule has 2 rings (SSSR count). The van der Waals surface area contributed by atoms with E-state index in [0.717, 1.165) is 0 Å². The summed E-state index contributed by atoms with van der Waals surface area (Å²) in [5, 5.41) is 19.1. The molecule has 7 nitrogen and oxygen atoms in total. The highest BCUT2D eigenvalue weighted by atomic mass is 32.2. The highest BCUT2D eigenvalue weighted by Crippen LogP contribution is 2.35. The van der Waals surface area contributed by atoms with E-state index in [4.69, 9.17) is 5.14 Å². The fourth-order valence-electron chi connectivity index (χ4n) is 1.17. The van der Waals surface area contributed by atoms with Gasteiger partial charge in [-0.15, -0.1) is 22.9 Å². The predicted octanol–water partition coefficient (Wildman–Crippen LogP) is 1.21. The molecule has 0 aliphatic carbocycles. The first kappa shape index (κ1) is 11.2. The van der Waals surface area contributed by atoms with Crippen LogP contribution in [-0.2, 0) is 15.0 Å². The number of hydrogen-bond acceptors (Lipinski definition) is 7. The first-order chi connectivity index (χ1) is 7.42. The molecule has 0 spiro atoms. The van der Waals surface area contributed by atoms with Crippen LogP contribution < -0.4 is 5.14 Å². The lowest BCUT2D eigenvalue weighted by atomic mass is 10.2. The molecular formula is C7H7N5O2S2. The Kier molecular flexibility index (Phi) is 2.52. The smallest absolute Gasteiger partial charge is 0.225 e. The Morgan fingerprint density at radius 3 is 2.06 bits per heavy atom. The summed E-state index contributed by atoms with van der Waals surface area (Å²) < 4.78 is 22.0. The highest BCUT2D eigenvalue weighted by molar-refractivity contribution is 7.89. The Morgan fingerprint density at radius 1 is 1.12 bits per heavy atom. The molecule has 9 heteroatoms. The van der Waals surface area contributed by atoms with Gasteiger partial charge in [-0.1, -0.05) is 12.1 Å². The van der Waals surface area contributed by atoms with Gasteiger partial charge in [-0.3, -0.25) is 0 Å². The summed E-state index contributed by atoms with van der Waals surface area (Å²) in [5.74, 6) is 0. The van der Waals surface area contributed by atoms with Crippen LogP contribution in [0, 0.1) is 0 Å². The number of hydrogen-bond donors (Lipinski definition) is 2. The van der Waals surface area contributed by atoms with Crippen LogP contribution in [-0.4, -0.2) is 8.42 Å². The maximum absolute atomic E-state index is 11.0. The monoisotopic (exact) mass is 257 g/mol. The van der Waals surface area contributed by atoms with Crippen molar-refractivity contribution in [2.24, 2.45) is 25.8 Å². The Hall–Kier alpha value is -1.32. The lowest BCUT2D eigenvalue weighted by molar-refractivity contribution is 0.597. The van der Waals surface area contributed by atoms with E-state index < -0.39 is 15.0 Å². The largest absolute Gasteiger partial charge is 0.262 e. The van der Waals surface area contributed by atoms with Crippen molar-refractivity contribution in [3.8, 4) is 0 Å². The third kappa shape index (κ3) is 1.96. The maximum atomic E-state index is 11.0. The van der Waals surface area contributed by atoms with Gasteiger partial charge in [0, 0.05) is 5.56 Å². The molecule has 0 aromatic heterocycles.